The van der Waals surface area contributed by atoms with Gasteiger partial charge >= 0.3 is 5.97 Å². The van der Waals surface area contributed by atoms with E-state index in [9.17, 15) is 19.5 Å². The van der Waals surface area contributed by atoms with Gasteiger partial charge in [-0.2, -0.15) is 12.6 Å². The molecule has 2 heterocycles. The van der Waals surface area contributed by atoms with Crippen LogP contribution in [0, 0.1) is 0 Å². The minimum absolute atomic E-state index is 0.00686. The van der Waals surface area contributed by atoms with Crippen LogP contribution < -0.4 is 5.32 Å². The van der Waals surface area contributed by atoms with E-state index in [0.717, 1.165) is 0 Å². The molecule has 100 valence electrons. The Labute approximate surface area is 114 Å². The SMILES string of the molecule is CC1(C)S[C@@H]2[C@H](NC(=O)CS)C(=O)N2[C@H]1C(=O)O. The Balaban J connectivity index is 2.16. The monoisotopic (exact) mass is 290 g/mol. The van der Waals surface area contributed by atoms with E-state index in [2.05, 4.69) is 17.9 Å². The molecule has 2 aliphatic rings. The van der Waals surface area contributed by atoms with E-state index >= 15 is 0 Å². The summed E-state index contributed by atoms with van der Waals surface area (Å²) < 4.78 is -0.563. The number of nitrogens with one attached hydrogen (secondary N) is 1. The zero-order chi connectivity index (χ0) is 13.7. The zero-order valence-electron chi connectivity index (χ0n) is 9.91. The zero-order valence-corrected chi connectivity index (χ0v) is 11.6. The number of hydrogen-bond donors (Lipinski definition) is 3. The Morgan fingerprint density at radius 2 is 2.17 bits per heavy atom. The molecule has 2 rings (SSSR count). The molecule has 0 aromatic carbocycles. The van der Waals surface area contributed by atoms with Crippen molar-refractivity contribution in [3.05, 3.63) is 0 Å². The van der Waals surface area contributed by atoms with Crippen molar-refractivity contribution in [2.75, 3.05) is 5.75 Å². The average Bonchev–Trinajstić information content (AvgIpc) is 2.54. The maximum absolute atomic E-state index is 11.9. The van der Waals surface area contributed by atoms with Crippen molar-refractivity contribution < 1.29 is 19.5 Å². The first kappa shape index (κ1) is 13.5. The summed E-state index contributed by atoms with van der Waals surface area (Å²) in [7, 11) is 0. The molecule has 6 nitrogen and oxygen atoms in total. The Bertz CT molecular complexity index is 426. The molecule has 2 amide bonds. The molecule has 18 heavy (non-hydrogen) atoms. The van der Waals surface area contributed by atoms with Gasteiger partial charge in [0.1, 0.15) is 17.5 Å². The molecule has 3 atom stereocenters. The van der Waals surface area contributed by atoms with Crippen molar-refractivity contribution in [3.8, 4) is 0 Å². The molecule has 2 fully saturated rings. The summed E-state index contributed by atoms with van der Waals surface area (Å²) in [6.07, 6.45) is 0. The normalized spacial score (nSPS) is 32.7. The second-order valence-corrected chi connectivity index (χ2v) is 6.89. The topological polar surface area (TPSA) is 86.7 Å². The second-order valence-electron chi connectivity index (χ2n) is 4.80. The van der Waals surface area contributed by atoms with E-state index in [1.807, 2.05) is 0 Å². The molecule has 2 aliphatic heterocycles. The van der Waals surface area contributed by atoms with E-state index in [4.69, 9.17) is 0 Å². The standard InChI is InChI=1S/C10H14N2O4S2/c1-10(2)6(9(15)16)12-7(14)5(8(12)18-10)11-4(13)3-17/h5-6,8,17H,3H2,1-2H3,(H,11,13)(H,15,16)/t5-,6+,8-/m1/s1. The van der Waals surface area contributed by atoms with Gasteiger partial charge in [-0.05, 0) is 13.8 Å². The molecule has 0 saturated carbocycles. The minimum Gasteiger partial charge on any atom is -0.480 e. The third-order valence-corrected chi connectivity index (χ3v) is 4.99. The Morgan fingerprint density at radius 1 is 1.56 bits per heavy atom. The average molecular weight is 290 g/mol. The fourth-order valence-corrected chi connectivity index (χ4v) is 4.08. The van der Waals surface area contributed by atoms with Crippen LogP contribution in [0.2, 0.25) is 0 Å². The van der Waals surface area contributed by atoms with Crippen LogP contribution in [0.25, 0.3) is 0 Å². The van der Waals surface area contributed by atoms with Gasteiger partial charge in [-0.3, -0.25) is 9.59 Å². The van der Waals surface area contributed by atoms with Gasteiger partial charge in [0.2, 0.25) is 11.8 Å². The van der Waals surface area contributed by atoms with Crippen LogP contribution in [-0.4, -0.2) is 55.7 Å². The number of hydrogen-bond acceptors (Lipinski definition) is 5. The van der Waals surface area contributed by atoms with E-state index in [1.165, 1.54) is 16.7 Å². The smallest absolute Gasteiger partial charge is 0.327 e. The summed E-state index contributed by atoms with van der Waals surface area (Å²) >= 11 is 5.23. The van der Waals surface area contributed by atoms with Crippen molar-refractivity contribution in [1.82, 2.24) is 10.2 Å². The van der Waals surface area contributed by atoms with Crippen LogP contribution in [0.4, 0.5) is 0 Å². The highest BCUT2D eigenvalue weighted by Crippen LogP contribution is 2.50. The molecule has 2 saturated heterocycles. The van der Waals surface area contributed by atoms with Gasteiger partial charge in [0.05, 0.1) is 5.75 Å². The van der Waals surface area contributed by atoms with E-state index < -0.39 is 22.8 Å². The highest BCUT2D eigenvalue weighted by molar-refractivity contribution is 8.01. The molecular formula is C10H14N2O4S2. The number of carboxylic acid groups (broad SMARTS) is 1. The molecule has 0 unspecified atom stereocenters. The number of nitrogens with zero attached hydrogens (tertiary/aromatic N) is 1. The largest absolute Gasteiger partial charge is 0.480 e. The molecule has 0 aliphatic carbocycles. The number of amides is 2. The Morgan fingerprint density at radius 3 is 2.67 bits per heavy atom. The van der Waals surface area contributed by atoms with Crippen molar-refractivity contribution in [1.29, 1.82) is 0 Å². The van der Waals surface area contributed by atoms with Crippen LogP contribution in [0.15, 0.2) is 0 Å². The number of fused-ring (bicyclic) bond motifs is 1. The maximum atomic E-state index is 11.9. The fraction of sp³-hybridized carbons (Fsp3) is 0.700. The van der Waals surface area contributed by atoms with Gasteiger partial charge in [-0.15, -0.1) is 11.8 Å². The van der Waals surface area contributed by atoms with Crippen LogP contribution in [0.1, 0.15) is 13.8 Å². The minimum atomic E-state index is -1.01. The van der Waals surface area contributed by atoms with Gasteiger partial charge in [-0.25, -0.2) is 4.79 Å². The predicted octanol–water partition coefficient (Wildman–Crippen LogP) is -0.452. The van der Waals surface area contributed by atoms with Crippen molar-refractivity contribution in [2.45, 2.75) is 36.1 Å². The summed E-state index contributed by atoms with van der Waals surface area (Å²) in [6.45, 7) is 3.58. The first-order valence-electron chi connectivity index (χ1n) is 5.42. The molecule has 8 heteroatoms. The molecule has 0 aromatic rings. The lowest BCUT2D eigenvalue weighted by Crippen LogP contribution is -2.70. The fourth-order valence-electron chi connectivity index (χ4n) is 2.36. The summed E-state index contributed by atoms with van der Waals surface area (Å²) in [4.78, 5) is 35.7. The number of thiol groups is 1. The van der Waals surface area contributed by atoms with Crippen LogP contribution in [0.5, 0.6) is 0 Å². The van der Waals surface area contributed by atoms with E-state index in [1.54, 1.807) is 13.8 Å². The summed E-state index contributed by atoms with van der Waals surface area (Å²) in [5, 5.41) is 11.5. The van der Waals surface area contributed by atoms with Gasteiger partial charge in [-0.1, -0.05) is 0 Å². The molecule has 2 N–H and O–H groups in total. The Kier molecular flexibility index (Phi) is 3.26. The lowest BCUT2D eigenvalue weighted by molar-refractivity contribution is -0.160. The summed E-state index contributed by atoms with van der Waals surface area (Å²) in [5.41, 5.74) is 0. The highest BCUT2D eigenvalue weighted by Gasteiger charge is 2.64. The quantitative estimate of drug-likeness (QED) is 0.484. The summed E-state index contributed by atoms with van der Waals surface area (Å²) in [5.74, 6) is -1.66. The Hall–Kier alpha value is -0.890. The van der Waals surface area contributed by atoms with Crippen LogP contribution in [0.3, 0.4) is 0 Å². The molecule has 0 radical (unpaired) electrons. The van der Waals surface area contributed by atoms with Gasteiger partial charge < -0.3 is 15.3 Å². The lowest BCUT2D eigenvalue weighted by atomic mass is 9.96. The van der Waals surface area contributed by atoms with Crippen molar-refractivity contribution in [2.24, 2.45) is 0 Å². The molecule has 0 spiro atoms. The molecular weight excluding hydrogens is 276 g/mol. The first-order valence-corrected chi connectivity index (χ1v) is 6.94. The van der Waals surface area contributed by atoms with Crippen molar-refractivity contribution >= 4 is 42.2 Å². The number of carbonyl (C=O) groups excluding carboxylic acids is 2. The highest BCUT2D eigenvalue weighted by atomic mass is 32.2. The van der Waals surface area contributed by atoms with Gasteiger partial charge in [0.15, 0.2) is 0 Å². The number of β-lactam (4-membered cyclic amide) rings is 1. The number of carbonyl (C=O) groups is 3. The molecule has 0 aromatic heterocycles. The maximum Gasteiger partial charge on any atom is 0.327 e. The molecule has 0 bridgehead atoms. The predicted molar refractivity (Wildman–Crippen MR) is 69.5 cm³/mol. The number of carboxylic acids is 1. The van der Waals surface area contributed by atoms with E-state index in [0.29, 0.717) is 0 Å². The van der Waals surface area contributed by atoms with E-state index in [-0.39, 0.29) is 22.9 Å². The lowest BCUT2D eigenvalue weighted by Gasteiger charge is -2.43. The van der Waals surface area contributed by atoms with Crippen molar-refractivity contribution in [3.63, 3.8) is 0 Å². The third kappa shape index (κ3) is 1.87. The van der Waals surface area contributed by atoms with Gasteiger partial charge in [0, 0.05) is 4.75 Å². The van der Waals surface area contributed by atoms with Crippen LogP contribution in [-0.2, 0) is 14.4 Å². The summed E-state index contributed by atoms with van der Waals surface area (Å²) in [6, 6.07) is -1.47. The number of aliphatic carboxylic acids is 1. The third-order valence-electron chi connectivity index (χ3n) is 3.14. The van der Waals surface area contributed by atoms with Crippen LogP contribution >= 0.6 is 24.4 Å². The number of rotatable bonds is 3. The van der Waals surface area contributed by atoms with Gasteiger partial charge in [0.25, 0.3) is 0 Å². The second kappa shape index (κ2) is 4.34. The first-order chi connectivity index (χ1) is 8.29. The number of thioether (sulfide) groups is 1.